The minimum Gasteiger partial charge on any atom is -0.376 e. The zero-order valence-electron chi connectivity index (χ0n) is 16.7. The van der Waals surface area contributed by atoms with Gasteiger partial charge < -0.3 is 15.0 Å². The molecule has 0 bridgehead atoms. The monoisotopic (exact) mass is 406 g/mol. The molecule has 1 amide bonds. The first kappa shape index (κ1) is 20.0. The Bertz CT molecular complexity index is 1010. The highest BCUT2D eigenvalue weighted by Crippen LogP contribution is 2.27. The summed E-state index contributed by atoms with van der Waals surface area (Å²) in [7, 11) is 1.85. The van der Waals surface area contributed by atoms with Crippen LogP contribution in [-0.2, 0) is 4.74 Å². The van der Waals surface area contributed by atoms with Gasteiger partial charge in [-0.2, -0.15) is 0 Å². The summed E-state index contributed by atoms with van der Waals surface area (Å²) in [6.45, 7) is 1.19. The van der Waals surface area contributed by atoms with Crippen LogP contribution in [0.25, 0.3) is 11.4 Å². The summed E-state index contributed by atoms with van der Waals surface area (Å²) in [4.78, 5) is 23.8. The second-order valence-corrected chi connectivity index (χ2v) is 7.18. The Hall–Kier alpha value is -3.32. The highest BCUT2D eigenvalue weighted by Gasteiger charge is 2.22. The maximum atomic E-state index is 13.3. The molecule has 0 saturated carbocycles. The summed E-state index contributed by atoms with van der Waals surface area (Å²) in [5.74, 6) is 0.309. The van der Waals surface area contributed by atoms with E-state index in [2.05, 4.69) is 15.3 Å². The van der Waals surface area contributed by atoms with Crippen molar-refractivity contribution >= 4 is 17.4 Å². The molecule has 0 spiro atoms. The molecule has 0 aliphatic carbocycles. The number of anilines is 2. The molecule has 1 atom stereocenters. The average molecular weight is 406 g/mol. The number of halogens is 1. The number of para-hydroxylation sites is 1. The molecule has 2 aromatic carbocycles. The van der Waals surface area contributed by atoms with Crippen LogP contribution in [0.4, 0.5) is 15.9 Å². The number of benzene rings is 2. The normalized spacial score (nSPS) is 15.7. The summed E-state index contributed by atoms with van der Waals surface area (Å²) in [5, 5.41) is 2.93. The molecule has 1 fully saturated rings. The van der Waals surface area contributed by atoms with Crippen LogP contribution in [0.5, 0.6) is 0 Å². The summed E-state index contributed by atoms with van der Waals surface area (Å²) in [5.41, 5.74) is 1.92. The molecule has 1 aliphatic rings. The number of nitrogens with one attached hydrogen (secondary N) is 1. The van der Waals surface area contributed by atoms with Gasteiger partial charge >= 0.3 is 0 Å². The van der Waals surface area contributed by atoms with E-state index in [1.54, 1.807) is 12.1 Å². The zero-order valence-corrected chi connectivity index (χ0v) is 16.7. The Kier molecular flexibility index (Phi) is 5.99. The van der Waals surface area contributed by atoms with Crippen molar-refractivity contribution in [3.8, 4) is 11.4 Å². The number of rotatable bonds is 6. The molecular weight excluding hydrogens is 383 g/mol. The predicted molar refractivity (Wildman–Crippen MR) is 113 cm³/mol. The third kappa shape index (κ3) is 4.46. The molecule has 3 aromatic rings. The number of amides is 1. The van der Waals surface area contributed by atoms with Gasteiger partial charge in [0.05, 0.1) is 6.10 Å². The Balaban J connectivity index is 1.67. The minimum absolute atomic E-state index is 0.0451. The summed E-state index contributed by atoms with van der Waals surface area (Å²) in [6, 6.07) is 15.6. The van der Waals surface area contributed by atoms with E-state index in [4.69, 9.17) is 4.74 Å². The largest absolute Gasteiger partial charge is 0.376 e. The van der Waals surface area contributed by atoms with Gasteiger partial charge in [-0.05, 0) is 49.2 Å². The molecule has 1 aliphatic heterocycles. The average Bonchev–Trinajstić information content (AvgIpc) is 3.31. The molecule has 0 radical (unpaired) electrons. The maximum Gasteiger partial charge on any atom is 0.256 e. The molecular formula is C23H23FN4O2. The van der Waals surface area contributed by atoms with Crippen molar-refractivity contribution in [1.82, 2.24) is 15.3 Å². The van der Waals surface area contributed by atoms with Crippen LogP contribution < -0.4 is 10.2 Å². The molecule has 1 aromatic heterocycles. The first-order valence-corrected chi connectivity index (χ1v) is 9.93. The number of ether oxygens (including phenoxy) is 1. The maximum absolute atomic E-state index is 13.3. The van der Waals surface area contributed by atoms with Crippen molar-refractivity contribution in [2.45, 2.75) is 18.9 Å². The number of aromatic nitrogens is 2. The lowest BCUT2D eigenvalue weighted by Crippen LogP contribution is -2.33. The van der Waals surface area contributed by atoms with Gasteiger partial charge in [0.1, 0.15) is 17.2 Å². The molecule has 1 saturated heterocycles. The Morgan fingerprint density at radius 2 is 1.97 bits per heavy atom. The van der Waals surface area contributed by atoms with E-state index in [9.17, 15) is 9.18 Å². The molecule has 154 valence electrons. The lowest BCUT2D eigenvalue weighted by molar-refractivity contribution is 0.0857. The number of hydrogen-bond acceptors (Lipinski definition) is 5. The molecule has 1 N–H and O–H groups in total. The van der Waals surface area contributed by atoms with E-state index in [0.29, 0.717) is 29.3 Å². The van der Waals surface area contributed by atoms with Gasteiger partial charge in [0.15, 0.2) is 5.82 Å². The van der Waals surface area contributed by atoms with Crippen LogP contribution in [0, 0.1) is 5.82 Å². The van der Waals surface area contributed by atoms with Crippen LogP contribution in [0.3, 0.4) is 0 Å². The van der Waals surface area contributed by atoms with Gasteiger partial charge in [0.2, 0.25) is 0 Å². The van der Waals surface area contributed by atoms with Gasteiger partial charge in [-0.1, -0.05) is 18.2 Å². The Morgan fingerprint density at radius 1 is 1.20 bits per heavy atom. The van der Waals surface area contributed by atoms with Crippen LogP contribution in [0.15, 0.2) is 60.8 Å². The lowest BCUT2D eigenvalue weighted by Gasteiger charge is -2.22. The van der Waals surface area contributed by atoms with E-state index in [0.717, 1.165) is 25.1 Å². The first-order valence-electron chi connectivity index (χ1n) is 9.93. The van der Waals surface area contributed by atoms with Crippen molar-refractivity contribution in [2.75, 3.05) is 25.1 Å². The smallest absolute Gasteiger partial charge is 0.256 e. The van der Waals surface area contributed by atoms with Gasteiger partial charge in [-0.3, -0.25) is 4.79 Å². The number of carbonyl (C=O) groups is 1. The molecule has 6 nitrogen and oxygen atoms in total. The van der Waals surface area contributed by atoms with Crippen molar-refractivity contribution in [3.05, 3.63) is 72.2 Å². The first-order chi connectivity index (χ1) is 14.6. The van der Waals surface area contributed by atoms with Crippen LogP contribution in [-0.4, -0.2) is 42.2 Å². The Morgan fingerprint density at radius 3 is 2.67 bits per heavy atom. The van der Waals surface area contributed by atoms with E-state index in [-0.39, 0.29) is 17.8 Å². The molecule has 1 unspecified atom stereocenters. The highest BCUT2D eigenvalue weighted by atomic mass is 19.1. The summed E-state index contributed by atoms with van der Waals surface area (Å²) < 4.78 is 18.9. The minimum atomic E-state index is -0.328. The lowest BCUT2D eigenvalue weighted by atomic mass is 10.2. The molecule has 30 heavy (non-hydrogen) atoms. The van der Waals surface area contributed by atoms with Gasteiger partial charge in [0, 0.05) is 37.6 Å². The van der Waals surface area contributed by atoms with E-state index < -0.39 is 0 Å². The van der Waals surface area contributed by atoms with Crippen molar-refractivity contribution in [2.24, 2.45) is 0 Å². The SMILES string of the molecule is CN(c1ccccc1)c1nc(-c2ccc(F)cc2)ncc1C(=O)NCC1CCCO1. The molecule has 2 heterocycles. The van der Waals surface area contributed by atoms with E-state index in [1.807, 2.05) is 42.3 Å². The van der Waals surface area contributed by atoms with Crippen LogP contribution >= 0.6 is 0 Å². The highest BCUT2D eigenvalue weighted by molar-refractivity contribution is 5.99. The van der Waals surface area contributed by atoms with Gasteiger partial charge in [-0.15, -0.1) is 0 Å². The standard InChI is InChI=1S/C23H23FN4O2/c1-28(18-6-3-2-4-7-18)22-20(23(29)26-14-19-8-5-13-30-19)15-25-21(27-22)16-9-11-17(24)12-10-16/h2-4,6-7,9-12,15,19H,5,8,13-14H2,1H3,(H,26,29). The molecule has 4 rings (SSSR count). The second-order valence-electron chi connectivity index (χ2n) is 7.18. The number of hydrogen-bond donors (Lipinski definition) is 1. The van der Waals surface area contributed by atoms with Gasteiger partial charge in [0.25, 0.3) is 5.91 Å². The van der Waals surface area contributed by atoms with Crippen molar-refractivity contribution in [1.29, 1.82) is 0 Å². The van der Waals surface area contributed by atoms with Gasteiger partial charge in [-0.25, -0.2) is 14.4 Å². The topological polar surface area (TPSA) is 67.4 Å². The van der Waals surface area contributed by atoms with Crippen molar-refractivity contribution < 1.29 is 13.9 Å². The third-order valence-corrected chi connectivity index (χ3v) is 5.09. The second kappa shape index (κ2) is 9.00. The van der Waals surface area contributed by atoms with E-state index >= 15 is 0 Å². The fourth-order valence-electron chi connectivity index (χ4n) is 3.41. The summed E-state index contributed by atoms with van der Waals surface area (Å²) in [6.07, 6.45) is 3.52. The number of carbonyl (C=O) groups excluding carboxylic acids is 1. The predicted octanol–water partition coefficient (Wildman–Crippen LogP) is 3.96. The fraction of sp³-hybridized carbons (Fsp3) is 0.261. The molecule has 7 heteroatoms. The van der Waals surface area contributed by atoms with Crippen molar-refractivity contribution in [3.63, 3.8) is 0 Å². The third-order valence-electron chi connectivity index (χ3n) is 5.09. The summed E-state index contributed by atoms with van der Waals surface area (Å²) >= 11 is 0. The zero-order chi connectivity index (χ0) is 20.9. The number of nitrogens with zero attached hydrogens (tertiary/aromatic N) is 3. The van der Waals surface area contributed by atoms with Crippen LogP contribution in [0.1, 0.15) is 23.2 Å². The Labute approximate surface area is 174 Å². The quantitative estimate of drug-likeness (QED) is 0.671. The fourth-order valence-corrected chi connectivity index (χ4v) is 3.41. The van der Waals surface area contributed by atoms with E-state index in [1.165, 1.54) is 18.3 Å². The van der Waals surface area contributed by atoms with Crippen LogP contribution in [0.2, 0.25) is 0 Å².